The minimum atomic E-state index is 0.138. The molecule has 0 N–H and O–H groups in total. The van der Waals surface area contributed by atoms with E-state index in [-0.39, 0.29) is 11.8 Å². The van der Waals surface area contributed by atoms with Crippen molar-refractivity contribution in [2.75, 3.05) is 27.2 Å². The Hall–Kier alpha value is -2.33. The number of aromatic nitrogens is 1. The van der Waals surface area contributed by atoms with Crippen LogP contribution in [0.4, 0.5) is 0 Å². The number of hydrogen-bond acceptors (Lipinski definition) is 2. The second-order valence-corrected chi connectivity index (χ2v) is 7.92. The maximum absolute atomic E-state index is 12.3. The van der Waals surface area contributed by atoms with Gasteiger partial charge in [0.15, 0.2) is 0 Å². The second-order valence-electron chi connectivity index (χ2n) is 7.92. The van der Waals surface area contributed by atoms with Crippen molar-refractivity contribution in [3.8, 4) is 0 Å². The van der Waals surface area contributed by atoms with E-state index in [2.05, 4.69) is 58.9 Å². The summed E-state index contributed by atoms with van der Waals surface area (Å²) in [6, 6.07) is 15.5. The Balaban J connectivity index is 1.61. The summed E-state index contributed by atoms with van der Waals surface area (Å²) in [4.78, 5) is 16.5. The van der Waals surface area contributed by atoms with Gasteiger partial charge in [-0.2, -0.15) is 0 Å². The quantitative estimate of drug-likeness (QED) is 0.698. The maximum Gasteiger partial charge on any atom is 0.226 e. The molecule has 0 spiro atoms. The highest BCUT2D eigenvalue weighted by atomic mass is 16.2. The third-order valence-corrected chi connectivity index (χ3v) is 5.85. The normalized spacial score (nSPS) is 18.3. The fraction of sp³-hybridized carbons (Fsp3) is 0.435. The maximum atomic E-state index is 12.3. The van der Waals surface area contributed by atoms with Gasteiger partial charge in [0, 0.05) is 55.5 Å². The van der Waals surface area contributed by atoms with Crippen molar-refractivity contribution < 1.29 is 4.79 Å². The molecule has 4 nitrogen and oxygen atoms in total. The van der Waals surface area contributed by atoms with E-state index in [9.17, 15) is 4.79 Å². The van der Waals surface area contributed by atoms with Crippen LogP contribution in [0.25, 0.3) is 21.8 Å². The third kappa shape index (κ3) is 3.34. The highest BCUT2D eigenvalue weighted by molar-refractivity contribution is 6.08. The van der Waals surface area contributed by atoms with Crippen LogP contribution < -0.4 is 0 Å². The van der Waals surface area contributed by atoms with Crippen LogP contribution in [0.15, 0.2) is 42.5 Å². The van der Waals surface area contributed by atoms with Crippen molar-refractivity contribution in [1.82, 2.24) is 14.4 Å². The Morgan fingerprint density at radius 3 is 2.67 bits per heavy atom. The van der Waals surface area contributed by atoms with Crippen molar-refractivity contribution in [2.24, 2.45) is 5.92 Å². The smallest absolute Gasteiger partial charge is 0.226 e. The zero-order valence-corrected chi connectivity index (χ0v) is 16.6. The highest BCUT2D eigenvalue weighted by Gasteiger charge is 2.26. The van der Waals surface area contributed by atoms with E-state index in [1.807, 2.05) is 14.1 Å². The number of benzene rings is 2. The molecular formula is C23H29N3O. The number of carbonyl (C=O) groups is 1. The zero-order valence-electron chi connectivity index (χ0n) is 16.6. The Kier molecular flexibility index (Phi) is 4.92. The standard InChI is InChI=1S/C23H29N3O/c1-4-26-21-10-6-5-9-19(21)20-14-17(11-12-22(20)26)15-25-13-7-8-18(16-25)23(27)24(2)3/h5-6,9-12,14,18H,4,7-8,13,15-16H2,1-3H3. The van der Waals surface area contributed by atoms with Gasteiger partial charge in [-0.25, -0.2) is 0 Å². The molecule has 1 atom stereocenters. The predicted molar refractivity (Wildman–Crippen MR) is 112 cm³/mol. The third-order valence-electron chi connectivity index (χ3n) is 5.85. The Labute approximate surface area is 161 Å². The number of fused-ring (bicyclic) bond motifs is 3. The van der Waals surface area contributed by atoms with E-state index in [0.717, 1.165) is 39.0 Å². The molecule has 142 valence electrons. The molecule has 4 rings (SSSR count). The first-order chi connectivity index (χ1) is 13.1. The number of rotatable bonds is 4. The summed E-state index contributed by atoms with van der Waals surface area (Å²) in [6.07, 6.45) is 2.11. The Bertz CT molecular complexity index is 972. The minimum Gasteiger partial charge on any atom is -0.349 e. The molecular weight excluding hydrogens is 334 g/mol. The van der Waals surface area contributed by atoms with Crippen LogP contribution in [0.2, 0.25) is 0 Å². The number of nitrogens with zero attached hydrogens (tertiary/aromatic N) is 3. The topological polar surface area (TPSA) is 28.5 Å². The summed E-state index contributed by atoms with van der Waals surface area (Å²) in [5.41, 5.74) is 3.95. The molecule has 1 aliphatic rings. The Morgan fingerprint density at radius 2 is 1.89 bits per heavy atom. The van der Waals surface area contributed by atoms with Gasteiger partial charge in [0.05, 0.1) is 5.92 Å². The number of hydrogen-bond donors (Lipinski definition) is 0. The lowest BCUT2D eigenvalue weighted by atomic mass is 9.96. The van der Waals surface area contributed by atoms with E-state index >= 15 is 0 Å². The van der Waals surface area contributed by atoms with Crippen molar-refractivity contribution in [3.63, 3.8) is 0 Å². The lowest BCUT2D eigenvalue weighted by Crippen LogP contribution is -2.42. The summed E-state index contributed by atoms with van der Waals surface area (Å²) in [6.45, 7) is 6.04. The summed E-state index contributed by atoms with van der Waals surface area (Å²) in [5.74, 6) is 0.403. The molecule has 1 fully saturated rings. The van der Waals surface area contributed by atoms with Gasteiger partial charge in [-0.3, -0.25) is 9.69 Å². The van der Waals surface area contributed by atoms with Crippen LogP contribution >= 0.6 is 0 Å². The predicted octanol–water partition coefficient (Wildman–Crippen LogP) is 4.11. The molecule has 0 saturated carbocycles. The SMILES string of the molecule is CCn1c2ccccc2c2cc(CN3CCCC(C(=O)N(C)C)C3)ccc21. The molecule has 1 aliphatic heterocycles. The molecule has 0 aliphatic carbocycles. The van der Waals surface area contributed by atoms with Crippen molar-refractivity contribution >= 4 is 27.7 Å². The van der Waals surface area contributed by atoms with E-state index in [1.165, 1.54) is 27.4 Å². The molecule has 1 aromatic heterocycles. The first-order valence-electron chi connectivity index (χ1n) is 10.0. The van der Waals surface area contributed by atoms with Crippen molar-refractivity contribution in [1.29, 1.82) is 0 Å². The van der Waals surface area contributed by atoms with Crippen molar-refractivity contribution in [2.45, 2.75) is 32.9 Å². The average molecular weight is 364 g/mol. The molecule has 2 aromatic carbocycles. The van der Waals surface area contributed by atoms with Gasteiger partial charge in [-0.05, 0) is 50.1 Å². The Morgan fingerprint density at radius 1 is 1.11 bits per heavy atom. The van der Waals surface area contributed by atoms with Gasteiger partial charge >= 0.3 is 0 Å². The van der Waals surface area contributed by atoms with Gasteiger partial charge in [0.25, 0.3) is 0 Å². The molecule has 4 heteroatoms. The van der Waals surface area contributed by atoms with Gasteiger partial charge < -0.3 is 9.47 Å². The highest BCUT2D eigenvalue weighted by Crippen LogP contribution is 2.30. The average Bonchev–Trinajstić information content (AvgIpc) is 3.00. The number of carbonyl (C=O) groups excluding carboxylic acids is 1. The molecule has 27 heavy (non-hydrogen) atoms. The first-order valence-corrected chi connectivity index (χ1v) is 10.0. The fourth-order valence-electron chi connectivity index (χ4n) is 4.56. The summed E-state index contributed by atoms with van der Waals surface area (Å²) < 4.78 is 2.39. The second kappa shape index (κ2) is 7.35. The molecule has 3 aromatic rings. The lowest BCUT2D eigenvalue weighted by molar-refractivity contribution is -0.134. The summed E-state index contributed by atoms with van der Waals surface area (Å²) in [5, 5.41) is 2.67. The number of aryl methyl sites for hydroxylation is 1. The summed E-state index contributed by atoms with van der Waals surface area (Å²) >= 11 is 0. The van der Waals surface area contributed by atoms with Crippen LogP contribution in [0.3, 0.4) is 0 Å². The number of likely N-dealkylation sites (tertiary alicyclic amines) is 1. The molecule has 1 amide bonds. The molecule has 1 saturated heterocycles. The fourth-order valence-corrected chi connectivity index (χ4v) is 4.56. The van der Waals surface area contributed by atoms with Crippen LogP contribution in [0.5, 0.6) is 0 Å². The zero-order chi connectivity index (χ0) is 19.0. The number of amides is 1. The molecule has 0 radical (unpaired) electrons. The van der Waals surface area contributed by atoms with Crippen molar-refractivity contribution in [3.05, 3.63) is 48.0 Å². The van der Waals surface area contributed by atoms with Gasteiger partial charge in [-0.1, -0.05) is 24.3 Å². The number of para-hydroxylation sites is 1. The lowest BCUT2D eigenvalue weighted by Gasteiger charge is -2.33. The van der Waals surface area contributed by atoms with Gasteiger partial charge in [0.1, 0.15) is 0 Å². The van der Waals surface area contributed by atoms with Gasteiger partial charge in [-0.15, -0.1) is 0 Å². The van der Waals surface area contributed by atoms with Gasteiger partial charge in [0.2, 0.25) is 5.91 Å². The minimum absolute atomic E-state index is 0.138. The van der Waals surface area contributed by atoms with Crippen LogP contribution in [0, 0.1) is 5.92 Å². The van der Waals surface area contributed by atoms with E-state index < -0.39 is 0 Å². The summed E-state index contributed by atoms with van der Waals surface area (Å²) in [7, 11) is 3.72. The monoisotopic (exact) mass is 363 g/mol. The van der Waals surface area contributed by atoms with Crippen LogP contribution in [0.1, 0.15) is 25.3 Å². The molecule has 0 bridgehead atoms. The van der Waals surface area contributed by atoms with E-state index in [0.29, 0.717) is 0 Å². The molecule has 2 heterocycles. The van der Waals surface area contributed by atoms with E-state index in [1.54, 1.807) is 4.90 Å². The first kappa shape index (κ1) is 18.1. The van der Waals surface area contributed by atoms with Crippen LogP contribution in [-0.2, 0) is 17.9 Å². The number of piperidine rings is 1. The van der Waals surface area contributed by atoms with E-state index in [4.69, 9.17) is 0 Å². The van der Waals surface area contributed by atoms with Crippen LogP contribution in [-0.4, -0.2) is 47.5 Å². The largest absolute Gasteiger partial charge is 0.349 e. The molecule has 1 unspecified atom stereocenters.